The summed E-state index contributed by atoms with van der Waals surface area (Å²) in [6.45, 7) is 0. The lowest BCUT2D eigenvalue weighted by Crippen LogP contribution is -2.02. The fourth-order valence-corrected chi connectivity index (χ4v) is 2.42. The van der Waals surface area contributed by atoms with Crippen molar-refractivity contribution in [2.24, 2.45) is 7.05 Å². The van der Waals surface area contributed by atoms with Crippen molar-refractivity contribution < 1.29 is 9.90 Å². The molecule has 1 aromatic carbocycles. The minimum atomic E-state index is -0.886. The third-order valence-corrected chi connectivity index (χ3v) is 3.25. The summed E-state index contributed by atoms with van der Waals surface area (Å²) in [7, 11) is 1.80. The minimum absolute atomic E-state index is 0.0821. The fraction of sp³-hybridized carbons (Fsp3) is 0.167. The summed E-state index contributed by atoms with van der Waals surface area (Å²) < 4.78 is 2.44. The summed E-state index contributed by atoms with van der Waals surface area (Å²) in [6, 6.07) is 9.74. The van der Waals surface area contributed by atoms with Crippen molar-refractivity contribution in [3.63, 3.8) is 0 Å². The molecule has 0 atom stereocenters. The van der Waals surface area contributed by atoms with E-state index in [1.54, 1.807) is 11.7 Å². The number of carboxylic acid groups (broad SMARTS) is 1. The maximum atomic E-state index is 10.7. The standard InChI is InChI=1S/C12H11BrN2O2/c1-15-12(8-5-3-2-4-6-8)11(13)9(14-15)7-10(16)17/h2-6H,7H2,1H3,(H,16,17). The summed E-state index contributed by atoms with van der Waals surface area (Å²) in [4.78, 5) is 10.7. The number of hydrogen-bond donors (Lipinski definition) is 1. The van der Waals surface area contributed by atoms with Gasteiger partial charge in [-0.05, 0) is 15.9 Å². The van der Waals surface area contributed by atoms with Gasteiger partial charge < -0.3 is 5.11 Å². The lowest BCUT2D eigenvalue weighted by molar-refractivity contribution is -0.136. The van der Waals surface area contributed by atoms with E-state index < -0.39 is 5.97 Å². The van der Waals surface area contributed by atoms with E-state index in [4.69, 9.17) is 5.11 Å². The van der Waals surface area contributed by atoms with E-state index in [0.29, 0.717) is 5.69 Å². The Morgan fingerprint density at radius 2 is 2.06 bits per heavy atom. The summed E-state index contributed by atoms with van der Waals surface area (Å²) in [6.07, 6.45) is -0.0821. The van der Waals surface area contributed by atoms with Gasteiger partial charge >= 0.3 is 5.97 Å². The minimum Gasteiger partial charge on any atom is -0.481 e. The van der Waals surface area contributed by atoms with Crippen LogP contribution in [0.2, 0.25) is 0 Å². The van der Waals surface area contributed by atoms with Gasteiger partial charge in [0.15, 0.2) is 0 Å². The van der Waals surface area contributed by atoms with E-state index in [9.17, 15) is 4.79 Å². The number of benzene rings is 1. The van der Waals surface area contributed by atoms with Crippen LogP contribution in [0.1, 0.15) is 5.69 Å². The highest BCUT2D eigenvalue weighted by atomic mass is 79.9. The van der Waals surface area contributed by atoms with Gasteiger partial charge in [-0.15, -0.1) is 0 Å². The van der Waals surface area contributed by atoms with E-state index >= 15 is 0 Å². The van der Waals surface area contributed by atoms with E-state index in [1.807, 2.05) is 30.3 Å². The van der Waals surface area contributed by atoms with Crippen molar-refractivity contribution in [1.29, 1.82) is 0 Å². The zero-order chi connectivity index (χ0) is 12.4. The van der Waals surface area contributed by atoms with E-state index in [1.165, 1.54) is 0 Å². The van der Waals surface area contributed by atoms with Gasteiger partial charge in [0.1, 0.15) is 0 Å². The maximum absolute atomic E-state index is 10.7. The van der Waals surface area contributed by atoms with Crippen molar-refractivity contribution in [3.05, 3.63) is 40.5 Å². The first-order valence-corrected chi connectivity index (χ1v) is 5.87. The first-order valence-electron chi connectivity index (χ1n) is 5.08. The number of hydrogen-bond acceptors (Lipinski definition) is 2. The first kappa shape index (κ1) is 11.9. The Labute approximate surface area is 107 Å². The Hall–Kier alpha value is -1.62. The maximum Gasteiger partial charge on any atom is 0.309 e. The van der Waals surface area contributed by atoms with Crippen molar-refractivity contribution in [2.75, 3.05) is 0 Å². The summed E-state index contributed by atoms with van der Waals surface area (Å²) in [5, 5.41) is 13.0. The number of carbonyl (C=O) groups is 1. The highest BCUT2D eigenvalue weighted by Gasteiger charge is 2.17. The van der Waals surface area contributed by atoms with Gasteiger partial charge in [0.25, 0.3) is 0 Å². The van der Waals surface area contributed by atoms with E-state index in [2.05, 4.69) is 21.0 Å². The van der Waals surface area contributed by atoms with Gasteiger partial charge in [-0.3, -0.25) is 9.48 Å². The monoisotopic (exact) mass is 294 g/mol. The number of rotatable bonds is 3. The molecule has 0 spiro atoms. The summed E-state index contributed by atoms with van der Waals surface area (Å²) >= 11 is 3.42. The number of nitrogens with zero attached hydrogens (tertiary/aromatic N) is 2. The SMILES string of the molecule is Cn1nc(CC(=O)O)c(Br)c1-c1ccccc1. The van der Waals surface area contributed by atoms with Gasteiger partial charge in [0.05, 0.1) is 22.3 Å². The third kappa shape index (κ3) is 2.39. The molecule has 88 valence electrons. The molecular weight excluding hydrogens is 284 g/mol. The second-order valence-electron chi connectivity index (χ2n) is 3.67. The average molecular weight is 295 g/mol. The number of aromatic nitrogens is 2. The smallest absolute Gasteiger partial charge is 0.309 e. The van der Waals surface area contributed by atoms with Crippen molar-refractivity contribution in [1.82, 2.24) is 9.78 Å². The molecule has 17 heavy (non-hydrogen) atoms. The van der Waals surface area contributed by atoms with Gasteiger partial charge in [0, 0.05) is 12.6 Å². The molecular formula is C12H11BrN2O2. The van der Waals surface area contributed by atoms with Crippen molar-refractivity contribution >= 4 is 21.9 Å². The predicted octanol–water partition coefficient (Wildman–Crippen LogP) is 2.48. The third-order valence-electron chi connectivity index (χ3n) is 2.42. The molecule has 4 nitrogen and oxygen atoms in total. The largest absolute Gasteiger partial charge is 0.481 e. The number of carboxylic acids is 1. The molecule has 0 saturated carbocycles. The van der Waals surface area contributed by atoms with Crippen molar-refractivity contribution in [3.8, 4) is 11.3 Å². The Morgan fingerprint density at radius 1 is 1.41 bits per heavy atom. The van der Waals surface area contributed by atoms with Gasteiger partial charge in [-0.1, -0.05) is 30.3 Å². The molecule has 1 heterocycles. The molecule has 2 aromatic rings. The van der Waals surface area contributed by atoms with E-state index in [0.717, 1.165) is 15.7 Å². The quantitative estimate of drug-likeness (QED) is 0.946. The molecule has 0 amide bonds. The molecule has 0 bridgehead atoms. The molecule has 0 radical (unpaired) electrons. The molecule has 2 rings (SSSR count). The van der Waals surface area contributed by atoms with Gasteiger partial charge in [-0.25, -0.2) is 0 Å². The highest BCUT2D eigenvalue weighted by Crippen LogP contribution is 2.30. The zero-order valence-corrected chi connectivity index (χ0v) is 10.8. The van der Waals surface area contributed by atoms with Gasteiger partial charge in [0.2, 0.25) is 0 Å². The average Bonchev–Trinajstić information content (AvgIpc) is 2.54. The molecule has 0 aliphatic heterocycles. The molecule has 0 aliphatic carbocycles. The van der Waals surface area contributed by atoms with Crippen LogP contribution in [0.5, 0.6) is 0 Å². The topological polar surface area (TPSA) is 55.1 Å². The highest BCUT2D eigenvalue weighted by molar-refractivity contribution is 9.10. The number of halogens is 1. The van der Waals surface area contributed by atoms with Crippen molar-refractivity contribution in [2.45, 2.75) is 6.42 Å². The second-order valence-corrected chi connectivity index (χ2v) is 4.46. The van der Waals surface area contributed by atoms with Crippen LogP contribution in [-0.2, 0) is 18.3 Å². The normalized spacial score (nSPS) is 10.5. The Kier molecular flexibility index (Phi) is 3.28. The first-order chi connectivity index (χ1) is 8.09. The number of aliphatic carboxylic acids is 1. The van der Waals surface area contributed by atoms with Crippen LogP contribution in [0.25, 0.3) is 11.3 Å². The lowest BCUT2D eigenvalue weighted by atomic mass is 10.1. The van der Waals surface area contributed by atoms with Crippen LogP contribution < -0.4 is 0 Å². The fourth-order valence-electron chi connectivity index (χ4n) is 1.72. The lowest BCUT2D eigenvalue weighted by Gasteiger charge is -2.02. The van der Waals surface area contributed by atoms with Crippen LogP contribution in [0.4, 0.5) is 0 Å². The van der Waals surface area contributed by atoms with Crippen LogP contribution >= 0.6 is 15.9 Å². The predicted molar refractivity (Wildman–Crippen MR) is 67.7 cm³/mol. The zero-order valence-electron chi connectivity index (χ0n) is 9.22. The molecule has 0 fully saturated rings. The Balaban J connectivity index is 2.49. The van der Waals surface area contributed by atoms with Gasteiger partial charge in [-0.2, -0.15) is 5.10 Å². The molecule has 0 aliphatic rings. The van der Waals surface area contributed by atoms with E-state index in [-0.39, 0.29) is 6.42 Å². The summed E-state index contributed by atoms with van der Waals surface area (Å²) in [5.41, 5.74) is 2.44. The van der Waals surface area contributed by atoms with Crippen LogP contribution in [0, 0.1) is 0 Å². The molecule has 1 N–H and O–H groups in total. The Morgan fingerprint density at radius 3 is 2.65 bits per heavy atom. The molecule has 0 unspecified atom stereocenters. The van der Waals surface area contributed by atoms with Crippen LogP contribution in [0.15, 0.2) is 34.8 Å². The summed E-state index contributed by atoms with van der Waals surface area (Å²) in [5.74, 6) is -0.886. The molecule has 0 saturated heterocycles. The number of aryl methyl sites for hydroxylation is 1. The molecule has 5 heteroatoms. The van der Waals surface area contributed by atoms with Crippen LogP contribution in [0.3, 0.4) is 0 Å². The second kappa shape index (κ2) is 4.71. The van der Waals surface area contributed by atoms with Crippen LogP contribution in [-0.4, -0.2) is 20.9 Å². The Bertz CT molecular complexity index is 549. The molecule has 1 aromatic heterocycles.